The first-order chi connectivity index (χ1) is 9.31. The van der Waals surface area contributed by atoms with Crippen LogP contribution in [0.2, 0.25) is 0 Å². The number of hydrogen-bond acceptors (Lipinski definition) is 3. The number of hydrogen-bond donors (Lipinski definition) is 3. The van der Waals surface area contributed by atoms with Gasteiger partial charge in [-0.1, -0.05) is 12.1 Å². The average molecular weight is 292 g/mol. The summed E-state index contributed by atoms with van der Waals surface area (Å²) in [5.74, 6) is 0. The van der Waals surface area contributed by atoms with Gasteiger partial charge in [0.15, 0.2) is 5.11 Å². The van der Waals surface area contributed by atoms with Gasteiger partial charge < -0.3 is 15.6 Å². The van der Waals surface area contributed by atoms with E-state index in [0.29, 0.717) is 11.7 Å². The molecule has 0 aliphatic rings. The molecular weight excluding hydrogens is 276 g/mol. The van der Waals surface area contributed by atoms with Gasteiger partial charge in [-0.15, -0.1) is 17.9 Å². The van der Waals surface area contributed by atoms with Crippen molar-refractivity contribution in [2.45, 2.75) is 6.42 Å². The highest BCUT2D eigenvalue weighted by Crippen LogP contribution is 2.25. The quantitative estimate of drug-likeness (QED) is 0.565. The summed E-state index contributed by atoms with van der Waals surface area (Å²) in [6, 6.07) is 4.11. The van der Waals surface area contributed by atoms with E-state index in [9.17, 15) is 0 Å². The second-order valence-electron chi connectivity index (χ2n) is 3.88. The Morgan fingerprint density at radius 1 is 1.53 bits per heavy atom. The molecule has 0 atom stereocenters. The van der Waals surface area contributed by atoms with Crippen molar-refractivity contribution in [3.05, 3.63) is 42.2 Å². The normalized spacial score (nSPS) is 10.1. The first-order valence-corrected chi connectivity index (χ1v) is 7.28. The molecule has 0 aliphatic heterocycles. The molecule has 0 aromatic carbocycles. The van der Waals surface area contributed by atoms with Crippen LogP contribution in [-0.4, -0.2) is 28.2 Å². The second kappa shape index (κ2) is 7.06. The number of aromatic nitrogens is 2. The third-order valence-electron chi connectivity index (χ3n) is 2.54. The first-order valence-electron chi connectivity index (χ1n) is 6.00. The van der Waals surface area contributed by atoms with Gasteiger partial charge >= 0.3 is 0 Å². The number of thiocarbonyl (C=S) groups is 1. The molecule has 100 valence electrons. The summed E-state index contributed by atoms with van der Waals surface area (Å²) in [6.07, 6.45) is 4.36. The second-order valence-corrected chi connectivity index (χ2v) is 5.24. The van der Waals surface area contributed by atoms with Crippen LogP contribution < -0.4 is 10.6 Å². The predicted molar refractivity (Wildman–Crippen MR) is 84.4 cm³/mol. The van der Waals surface area contributed by atoms with E-state index in [-0.39, 0.29) is 0 Å². The Morgan fingerprint density at radius 3 is 3.16 bits per heavy atom. The lowest BCUT2D eigenvalue weighted by molar-refractivity contribution is 0.827. The van der Waals surface area contributed by atoms with Gasteiger partial charge in [0.25, 0.3) is 0 Å². The van der Waals surface area contributed by atoms with Gasteiger partial charge in [0.1, 0.15) is 5.69 Å². The van der Waals surface area contributed by atoms with E-state index < -0.39 is 0 Å². The summed E-state index contributed by atoms with van der Waals surface area (Å²) in [4.78, 5) is 8.74. The topological polar surface area (TPSA) is 52.7 Å². The molecule has 2 aromatic heterocycles. The molecule has 3 N–H and O–H groups in total. The number of nitrogens with one attached hydrogen (secondary N) is 3. The van der Waals surface area contributed by atoms with Gasteiger partial charge in [0, 0.05) is 25.2 Å². The standard InChI is InChI=1S/C13H16N4S2/c1-2-6-14-13(18)15-7-5-10-12(17-9-16-10)11-4-3-8-19-11/h2-4,8-9H,1,5-7H2,(H,16,17)(H2,14,15,18). The molecule has 0 amide bonds. The van der Waals surface area contributed by atoms with Crippen LogP contribution in [0.25, 0.3) is 10.6 Å². The molecule has 0 radical (unpaired) electrons. The molecule has 0 spiro atoms. The molecule has 2 aromatic rings. The van der Waals surface area contributed by atoms with E-state index in [1.165, 1.54) is 4.88 Å². The van der Waals surface area contributed by atoms with E-state index >= 15 is 0 Å². The van der Waals surface area contributed by atoms with E-state index in [0.717, 1.165) is 24.4 Å². The SMILES string of the molecule is C=CCNC(=S)NCCc1[nH]cnc1-c1cccs1. The highest BCUT2D eigenvalue weighted by atomic mass is 32.1. The molecule has 19 heavy (non-hydrogen) atoms. The smallest absolute Gasteiger partial charge is 0.166 e. The van der Waals surface area contributed by atoms with Crippen molar-refractivity contribution in [1.82, 2.24) is 20.6 Å². The Hall–Kier alpha value is -1.66. The minimum atomic E-state index is 0.650. The van der Waals surface area contributed by atoms with Gasteiger partial charge in [0.05, 0.1) is 11.2 Å². The maximum absolute atomic E-state index is 5.13. The molecule has 0 aliphatic carbocycles. The molecule has 0 fully saturated rings. The highest BCUT2D eigenvalue weighted by molar-refractivity contribution is 7.80. The van der Waals surface area contributed by atoms with Crippen molar-refractivity contribution >= 4 is 28.7 Å². The Labute approximate surface area is 122 Å². The van der Waals surface area contributed by atoms with Crippen LogP contribution in [-0.2, 0) is 6.42 Å². The van der Waals surface area contributed by atoms with Crippen molar-refractivity contribution in [3.8, 4) is 10.6 Å². The third-order valence-corrected chi connectivity index (χ3v) is 3.71. The van der Waals surface area contributed by atoms with Crippen molar-refractivity contribution in [2.75, 3.05) is 13.1 Å². The van der Waals surface area contributed by atoms with Crippen LogP contribution in [0, 0.1) is 0 Å². The van der Waals surface area contributed by atoms with E-state index in [1.807, 2.05) is 6.07 Å². The van der Waals surface area contributed by atoms with E-state index in [4.69, 9.17) is 12.2 Å². The van der Waals surface area contributed by atoms with Crippen molar-refractivity contribution in [1.29, 1.82) is 0 Å². The summed E-state index contributed by atoms with van der Waals surface area (Å²) in [5, 5.41) is 8.90. The number of H-pyrrole nitrogens is 1. The molecule has 4 nitrogen and oxygen atoms in total. The molecule has 2 heterocycles. The summed E-state index contributed by atoms with van der Waals surface area (Å²) in [7, 11) is 0. The van der Waals surface area contributed by atoms with Gasteiger partial charge in [-0.05, 0) is 23.7 Å². The number of aromatic amines is 1. The number of thiophene rings is 1. The third kappa shape index (κ3) is 3.90. The fraction of sp³-hybridized carbons (Fsp3) is 0.231. The van der Waals surface area contributed by atoms with Crippen LogP contribution in [0.15, 0.2) is 36.5 Å². The predicted octanol–water partition coefficient (Wildman–Crippen LogP) is 2.33. The zero-order valence-electron chi connectivity index (χ0n) is 10.5. The lowest BCUT2D eigenvalue weighted by Crippen LogP contribution is -2.36. The fourth-order valence-electron chi connectivity index (χ4n) is 1.67. The van der Waals surface area contributed by atoms with Gasteiger partial charge in [-0.3, -0.25) is 0 Å². The Kier molecular flexibility index (Phi) is 5.11. The zero-order chi connectivity index (χ0) is 13.5. The van der Waals surface area contributed by atoms with E-state index in [2.05, 4.69) is 38.6 Å². The highest BCUT2D eigenvalue weighted by Gasteiger charge is 2.08. The monoisotopic (exact) mass is 292 g/mol. The number of nitrogens with zero attached hydrogens (tertiary/aromatic N) is 1. The van der Waals surface area contributed by atoms with Crippen molar-refractivity contribution in [3.63, 3.8) is 0 Å². The van der Waals surface area contributed by atoms with Crippen LogP contribution in [0.5, 0.6) is 0 Å². The number of rotatable bonds is 6. The molecule has 0 unspecified atom stereocenters. The van der Waals surface area contributed by atoms with Gasteiger partial charge in [-0.2, -0.15) is 0 Å². The minimum absolute atomic E-state index is 0.650. The Bertz CT molecular complexity index is 531. The minimum Gasteiger partial charge on any atom is -0.362 e. The average Bonchev–Trinajstić information content (AvgIpc) is 3.06. The molecule has 6 heteroatoms. The lowest BCUT2D eigenvalue weighted by atomic mass is 10.2. The van der Waals surface area contributed by atoms with Crippen molar-refractivity contribution in [2.24, 2.45) is 0 Å². The molecule has 0 saturated heterocycles. The van der Waals surface area contributed by atoms with Crippen LogP contribution >= 0.6 is 23.6 Å². The molecular formula is C13H16N4S2. The fourth-order valence-corrected chi connectivity index (χ4v) is 2.60. The lowest BCUT2D eigenvalue weighted by Gasteiger charge is -2.08. The van der Waals surface area contributed by atoms with Gasteiger partial charge in [0.2, 0.25) is 0 Å². The molecule has 2 rings (SSSR count). The Balaban J connectivity index is 1.85. The molecule has 0 saturated carbocycles. The van der Waals surface area contributed by atoms with Crippen molar-refractivity contribution < 1.29 is 0 Å². The van der Waals surface area contributed by atoms with Crippen LogP contribution in [0.1, 0.15) is 5.69 Å². The largest absolute Gasteiger partial charge is 0.362 e. The summed E-state index contributed by atoms with van der Waals surface area (Å²) in [5.41, 5.74) is 2.16. The van der Waals surface area contributed by atoms with Crippen LogP contribution in [0.4, 0.5) is 0 Å². The van der Waals surface area contributed by atoms with Gasteiger partial charge in [-0.25, -0.2) is 4.98 Å². The molecule has 0 bridgehead atoms. The maximum Gasteiger partial charge on any atom is 0.166 e. The van der Waals surface area contributed by atoms with Crippen LogP contribution in [0.3, 0.4) is 0 Å². The zero-order valence-corrected chi connectivity index (χ0v) is 12.1. The summed E-state index contributed by atoms with van der Waals surface area (Å²) < 4.78 is 0. The summed E-state index contributed by atoms with van der Waals surface area (Å²) in [6.45, 7) is 5.08. The maximum atomic E-state index is 5.13. The first kappa shape index (κ1) is 13.8. The number of imidazole rings is 1. The summed E-state index contributed by atoms with van der Waals surface area (Å²) >= 11 is 6.83. The Morgan fingerprint density at radius 2 is 2.42 bits per heavy atom. The van der Waals surface area contributed by atoms with E-state index in [1.54, 1.807) is 23.7 Å².